The van der Waals surface area contributed by atoms with E-state index in [0.717, 1.165) is 30.5 Å². The molecular formula is C16H19NO3. The summed E-state index contributed by atoms with van der Waals surface area (Å²) in [6, 6.07) is 8.11. The molecule has 2 heterocycles. The van der Waals surface area contributed by atoms with Crippen LogP contribution in [0.4, 0.5) is 0 Å². The van der Waals surface area contributed by atoms with Crippen LogP contribution < -0.4 is 0 Å². The van der Waals surface area contributed by atoms with Crippen molar-refractivity contribution in [2.75, 3.05) is 13.2 Å². The van der Waals surface area contributed by atoms with E-state index in [1.807, 2.05) is 24.4 Å². The second-order valence-corrected chi connectivity index (χ2v) is 5.18. The van der Waals surface area contributed by atoms with Crippen molar-refractivity contribution < 1.29 is 14.3 Å². The number of aromatic amines is 1. The molecule has 0 saturated carbocycles. The van der Waals surface area contributed by atoms with Gasteiger partial charge in [0.2, 0.25) is 0 Å². The van der Waals surface area contributed by atoms with Crippen LogP contribution in [0, 0.1) is 0 Å². The Bertz CT molecular complexity index is 584. The average Bonchev–Trinajstić information content (AvgIpc) is 3.12. The molecule has 0 spiro atoms. The van der Waals surface area contributed by atoms with Crippen molar-refractivity contribution >= 4 is 16.9 Å². The Hall–Kier alpha value is -1.81. The third kappa shape index (κ3) is 3.02. The van der Waals surface area contributed by atoms with Crippen LogP contribution in [0.3, 0.4) is 0 Å². The molecule has 0 bridgehead atoms. The van der Waals surface area contributed by atoms with E-state index in [0.29, 0.717) is 19.4 Å². The van der Waals surface area contributed by atoms with Crippen molar-refractivity contribution in [3.05, 3.63) is 36.0 Å². The SMILES string of the molecule is O=C(CCc1c[nH]c2ccccc12)OCC1CCCO1. The standard InChI is InChI=1S/C16H19NO3/c18-16(20-11-13-4-3-9-19-13)8-7-12-10-17-15-6-2-1-5-14(12)15/h1-2,5-6,10,13,17H,3-4,7-9,11H2. The van der Waals surface area contributed by atoms with Gasteiger partial charge in [-0.05, 0) is 30.9 Å². The summed E-state index contributed by atoms with van der Waals surface area (Å²) in [5, 5.41) is 1.18. The number of carbonyl (C=O) groups is 1. The van der Waals surface area contributed by atoms with E-state index in [-0.39, 0.29) is 12.1 Å². The summed E-state index contributed by atoms with van der Waals surface area (Å²) in [6.07, 6.45) is 5.25. The van der Waals surface area contributed by atoms with Crippen molar-refractivity contribution in [2.24, 2.45) is 0 Å². The first-order valence-electron chi connectivity index (χ1n) is 7.15. The van der Waals surface area contributed by atoms with Gasteiger partial charge in [0.25, 0.3) is 0 Å². The fourth-order valence-electron chi connectivity index (χ4n) is 2.61. The molecule has 1 fully saturated rings. The van der Waals surface area contributed by atoms with Gasteiger partial charge in [0.15, 0.2) is 0 Å². The summed E-state index contributed by atoms with van der Waals surface area (Å²) < 4.78 is 10.7. The minimum absolute atomic E-state index is 0.104. The fraction of sp³-hybridized carbons (Fsp3) is 0.438. The van der Waals surface area contributed by atoms with Crippen LogP contribution in [-0.4, -0.2) is 30.3 Å². The van der Waals surface area contributed by atoms with Gasteiger partial charge >= 0.3 is 5.97 Å². The van der Waals surface area contributed by atoms with Gasteiger partial charge in [0.1, 0.15) is 6.61 Å². The van der Waals surface area contributed by atoms with Crippen LogP contribution >= 0.6 is 0 Å². The van der Waals surface area contributed by atoms with E-state index in [1.54, 1.807) is 0 Å². The number of carbonyl (C=O) groups excluding carboxylic acids is 1. The van der Waals surface area contributed by atoms with Gasteiger partial charge in [0, 0.05) is 30.1 Å². The van der Waals surface area contributed by atoms with Crippen molar-refractivity contribution in [1.82, 2.24) is 4.98 Å². The number of para-hydroxylation sites is 1. The smallest absolute Gasteiger partial charge is 0.306 e. The number of benzene rings is 1. The predicted octanol–water partition coefficient (Wildman–Crippen LogP) is 2.82. The van der Waals surface area contributed by atoms with Crippen molar-refractivity contribution in [3.63, 3.8) is 0 Å². The van der Waals surface area contributed by atoms with Crippen LogP contribution in [0.1, 0.15) is 24.8 Å². The van der Waals surface area contributed by atoms with Gasteiger partial charge in [-0.25, -0.2) is 0 Å². The number of aromatic nitrogens is 1. The van der Waals surface area contributed by atoms with Crippen LogP contribution in [-0.2, 0) is 20.7 Å². The minimum atomic E-state index is -0.147. The molecule has 20 heavy (non-hydrogen) atoms. The number of rotatable bonds is 5. The summed E-state index contributed by atoms with van der Waals surface area (Å²) in [6.45, 7) is 1.18. The normalized spacial score (nSPS) is 18.5. The van der Waals surface area contributed by atoms with Crippen LogP contribution in [0.2, 0.25) is 0 Å². The molecule has 4 nitrogen and oxygen atoms in total. The number of fused-ring (bicyclic) bond motifs is 1. The zero-order valence-electron chi connectivity index (χ0n) is 11.4. The second-order valence-electron chi connectivity index (χ2n) is 5.18. The summed E-state index contributed by atoms with van der Waals surface area (Å²) in [7, 11) is 0. The van der Waals surface area contributed by atoms with E-state index < -0.39 is 0 Å². The Labute approximate surface area is 118 Å². The molecule has 1 aromatic heterocycles. The Balaban J connectivity index is 1.49. The average molecular weight is 273 g/mol. The Morgan fingerprint density at radius 3 is 3.15 bits per heavy atom. The van der Waals surface area contributed by atoms with Crippen LogP contribution in [0.15, 0.2) is 30.5 Å². The van der Waals surface area contributed by atoms with Crippen LogP contribution in [0.5, 0.6) is 0 Å². The first-order valence-corrected chi connectivity index (χ1v) is 7.15. The third-order valence-corrected chi connectivity index (χ3v) is 3.73. The van der Waals surface area contributed by atoms with E-state index in [2.05, 4.69) is 11.1 Å². The number of ether oxygens (including phenoxy) is 2. The summed E-state index contributed by atoms with van der Waals surface area (Å²) in [4.78, 5) is 15.0. The van der Waals surface area contributed by atoms with Gasteiger partial charge in [0.05, 0.1) is 6.10 Å². The molecule has 0 amide bonds. The van der Waals surface area contributed by atoms with E-state index in [1.165, 1.54) is 5.39 Å². The lowest BCUT2D eigenvalue weighted by molar-refractivity contribution is -0.146. The molecule has 0 aliphatic carbocycles. The van der Waals surface area contributed by atoms with Crippen LogP contribution in [0.25, 0.3) is 10.9 Å². The predicted molar refractivity (Wildman–Crippen MR) is 76.6 cm³/mol. The van der Waals surface area contributed by atoms with E-state index >= 15 is 0 Å². The second kappa shape index (κ2) is 6.09. The van der Waals surface area contributed by atoms with Gasteiger partial charge in [-0.15, -0.1) is 0 Å². The topological polar surface area (TPSA) is 51.3 Å². The molecular weight excluding hydrogens is 254 g/mol. The molecule has 1 aliphatic rings. The molecule has 4 heteroatoms. The first kappa shape index (κ1) is 13.2. The monoisotopic (exact) mass is 273 g/mol. The molecule has 1 saturated heterocycles. The number of aryl methyl sites for hydroxylation is 1. The minimum Gasteiger partial charge on any atom is -0.463 e. The highest BCUT2D eigenvalue weighted by Crippen LogP contribution is 2.19. The molecule has 1 aliphatic heterocycles. The molecule has 1 N–H and O–H groups in total. The zero-order valence-corrected chi connectivity index (χ0v) is 11.4. The maximum atomic E-state index is 11.7. The lowest BCUT2D eigenvalue weighted by atomic mass is 10.1. The lowest BCUT2D eigenvalue weighted by Gasteiger charge is -2.09. The highest BCUT2D eigenvalue weighted by atomic mass is 16.6. The zero-order chi connectivity index (χ0) is 13.8. The summed E-state index contributed by atoms with van der Waals surface area (Å²) in [5.74, 6) is -0.147. The highest BCUT2D eigenvalue weighted by molar-refractivity contribution is 5.83. The molecule has 106 valence electrons. The third-order valence-electron chi connectivity index (χ3n) is 3.73. The van der Waals surface area contributed by atoms with Crippen molar-refractivity contribution in [3.8, 4) is 0 Å². The maximum absolute atomic E-state index is 11.7. The fourth-order valence-corrected chi connectivity index (χ4v) is 2.61. The largest absolute Gasteiger partial charge is 0.463 e. The molecule has 1 aromatic carbocycles. The molecule has 0 radical (unpaired) electrons. The molecule has 1 unspecified atom stereocenters. The molecule has 1 atom stereocenters. The maximum Gasteiger partial charge on any atom is 0.306 e. The number of esters is 1. The van der Waals surface area contributed by atoms with Gasteiger partial charge in [-0.2, -0.15) is 0 Å². The molecule has 2 aromatic rings. The van der Waals surface area contributed by atoms with E-state index in [4.69, 9.17) is 9.47 Å². The number of nitrogens with one attached hydrogen (secondary N) is 1. The van der Waals surface area contributed by atoms with E-state index in [9.17, 15) is 4.79 Å². The summed E-state index contributed by atoms with van der Waals surface area (Å²) >= 11 is 0. The number of hydrogen-bond acceptors (Lipinski definition) is 3. The summed E-state index contributed by atoms with van der Waals surface area (Å²) in [5.41, 5.74) is 2.27. The first-order chi connectivity index (χ1) is 9.83. The van der Waals surface area contributed by atoms with Gasteiger partial charge in [-0.3, -0.25) is 4.79 Å². The Kier molecular flexibility index (Phi) is 4.02. The quantitative estimate of drug-likeness (QED) is 0.852. The van der Waals surface area contributed by atoms with Gasteiger partial charge in [-0.1, -0.05) is 18.2 Å². The Morgan fingerprint density at radius 2 is 2.30 bits per heavy atom. The van der Waals surface area contributed by atoms with Crippen molar-refractivity contribution in [1.29, 1.82) is 0 Å². The van der Waals surface area contributed by atoms with Gasteiger partial charge < -0.3 is 14.5 Å². The number of H-pyrrole nitrogens is 1. The van der Waals surface area contributed by atoms with Crippen molar-refractivity contribution in [2.45, 2.75) is 31.8 Å². The highest BCUT2D eigenvalue weighted by Gasteiger charge is 2.17. The Morgan fingerprint density at radius 1 is 1.40 bits per heavy atom. The number of hydrogen-bond donors (Lipinski definition) is 1. The lowest BCUT2D eigenvalue weighted by Crippen LogP contribution is -2.17. The molecule has 3 rings (SSSR count).